The van der Waals surface area contributed by atoms with Gasteiger partial charge in [-0.15, -0.1) is 0 Å². The van der Waals surface area contributed by atoms with Crippen LogP contribution in [-0.2, 0) is 9.59 Å². The fourth-order valence-corrected chi connectivity index (χ4v) is 2.68. The fourth-order valence-electron chi connectivity index (χ4n) is 2.51. The van der Waals surface area contributed by atoms with Crippen LogP contribution in [-0.4, -0.2) is 36.3 Å². The molecule has 5 nitrogen and oxygen atoms in total. The number of para-hydroxylation sites is 1. The average molecular weight is 374 g/mol. The maximum Gasteiger partial charge on any atom is 0.238 e. The van der Waals surface area contributed by atoms with E-state index in [0.717, 1.165) is 16.8 Å². The van der Waals surface area contributed by atoms with E-state index in [2.05, 4.69) is 10.6 Å². The van der Waals surface area contributed by atoms with Crippen LogP contribution >= 0.6 is 11.6 Å². The average Bonchev–Trinajstić information content (AvgIpc) is 2.59. The van der Waals surface area contributed by atoms with Crippen molar-refractivity contribution in [3.8, 4) is 0 Å². The summed E-state index contributed by atoms with van der Waals surface area (Å²) in [5.41, 5.74) is 3.40. The molecule has 2 aromatic rings. The zero-order valence-corrected chi connectivity index (χ0v) is 16.1. The molecule has 2 aromatic carbocycles. The second kappa shape index (κ2) is 9.36. The first-order chi connectivity index (χ1) is 12.4. The van der Waals surface area contributed by atoms with E-state index in [0.29, 0.717) is 17.3 Å². The largest absolute Gasteiger partial charge is 0.325 e. The Hall–Kier alpha value is -2.37. The van der Waals surface area contributed by atoms with Gasteiger partial charge in [0.15, 0.2) is 0 Å². The Morgan fingerprint density at radius 1 is 0.923 bits per heavy atom. The van der Waals surface area contributed by atoms with Crippen LogP contribution in [0.15, 0.2) is 42.5 Å². The van der Waals surface area contributed by atoms with Gasteiger partial charge in [-0.05, 0) is 49.7 Å². The number of benzene rings is 2. The third-order valence-electron chi connectivity index (χ3n) is 4.07. The second-order valence-corrected chi connectivity index (χ2v) is 6.61. The molecule has 0 unspecified atom stereocenters. The summed E-state index contributed by atoms with van der Waals surface area (Å²) in [6.45, 7) is 6.62. The van der Waals surface area contributed by atoms with Crippen LogP contribution in [0.2, 0.25) is 5.02 Å². The van der Waals surface area contributed by atoms with E-state index in [1.165, 1.54) is 0 Å². The molecule has 0 spiro atoms. The number of likely N-dealkylation sites (N-methyl/N-ethyl adjacent to an activating group) is 1. The van der Waals surface area contributed by atoms with Gasteiger partial charge >= 0.3 is 0 Å². The predicted octanol–water partition coefficient (Wildman–Crippen LogP) is 3.86. The lowest BCUT2D eigenvalue weighted by Gasteiger charge is -2.20. The molecular formula is C20H24ClN3O2. The molecule has 0 bridgehead atoms. The lowest BCUT2D eigenvalue weighted by molar-refractivity contribution is -0.119. The predicted molar refractivity (Wildman–Crippen MR) is 107 cm³/mol. The summed E-state index contributed by atoms with van der Waals surface area (Å²) in [6, 6.07) is 12.9. The molecule has 26 heavy (non-hydrogen) atoms. The molecule has 0 fully saturated rings. The van der Waals surface area contributed by atoms with Crippen molar-refractivity contribution in [3.63, 3.8) is 0 Å². The summed E-state index contributed by atoms with van der Waals surface area (Å²) in [4.78, 5) is 26.4. The highest BCUT2D eigenvalue weighted by Crippen LogP contribution is 2.20. The zero-order chi connectivity index (χ0) is 19.1. The fraction of sp³-hybridized carbons (Fsp3) is 0.300. The Morgan fingerprint density at radius 3 is 2.12 bits per heavy atom. The van der Waals surface area contributed by atoms with Gasteiger partial charge in [-0.25, -0.2) is 0 Å². The maximum atomic E-state index is 12.3. The number of rotatable bonds is 7. The molecule has 0 heterocycles. The molecule has 0 saturated carbocycles. The number of nitrogens with one attached hydrogen (secondary N) is 2. The van der Waals surface area contributed by atoms with Crippen LogP contribution in [0.25, 0.3) is 0 Å². The normalized spacial score (nSPS) is 10.7. The monoisotopic (exact) mass is 373 g/mol. The van der Waals surface area contributed by atoms with Crippen molar-refractivity contribution in [2.24, 2.45) is 0 Å². The Balaban J connectivity index is 1.91. The van der Waals surface area contributed by atoms with E-state index in [1.54, 1.807) is 17.0 Å². The van der Waals surface area contributed by atoms with Crippen LogP contribution in [0.5, 0.6) is 0 Å². The number of carbonyl (C=O) groups is 2. The third kappa shape index (κ3) is 5.86. The number of anilines is 2. The quantitative estimate of drug-likeness (QED) is 0.774. The third-order valence-corrected chi connectivity index (χ3v) is 4.31. The molecule has 2 amide bonds. The molecular weight excluding hydrogens is 350 g/mol. The van der Waals surface area contributed by atoms with E-state index >= 15 is 0 Å². The van der Waals surface area contributed by atoms with Gasteiger partial charge in [0.05, 0.1) is 13.1 Å². The molecule has 6 heteroatoms. The van der Waals surface area contributed by atoms with Gasteiger partial charge in [0.1, 0.15) is 0 Å². The van der Waals surface area contributed by atoms with E-state index in [1.807, 2.05) is 51.1 Å². The summed E-state index contributed by atoms with van der Waals surface area (Å²) >= 11 is 5.98. The number of amides is 2. The molecule has 138 valence electrons. The van der Waals surface area contributed by atoms with Crippen molar-refractivity contribution in [2.45, 2.75) is 20.8 Å². The first-order valence-electron chi connectivity index (χ1n) is 8.53. The minimum Gasteiger partial charge on any atom is -0.325 e. The van der Waals surface area contributed by atoms with Gasteiger partial charge in [0.25, 0.3) is 0 Å². The van der Waals surface area contributed by atoms with E-state index in [-0.39, 0.29) is 24.9 Å². The second-order valence-electron chi connectivity index (χ2n) is 6.17. The molecule has 0 aromatic heterocycles. The number of aryl methyl sites for hydroxylation is 2. The molecule has 0 aliphatic carbocycles. The number of hydrogen-bond donors (Lipinski definition) is 2. The lowest BCUT2D eigenvalue weighted by Crippen LogP contribution is -2.38. The first kappa shape index (κ1) is 19.9. The van der Waals surface area contributed by atoms with Gasteiger partial charge in [0.2, 0.25) is 11.8 Å². The van der Waals surface area contributed by atoms with E-state index < -0.39 is 0 Å². The maximum absolute atomic E-state index is 12.3. The van der Waals surface area contributed by atoms with Gasteiger partial charge in [-0.2, -0.15) is 0 Å². The Bertz CT molecular complexity index is 792. The van der Waals surface area contributed by atoms with E-state index in [9.17, 15) is 9.59 Å². The number of hydrogen-bond acceptors (Lipinski definition) is 3. The molecule has 0 radical (unpaired) electrons. The summed E-state index contributed by atoms with van der Waals surface area (Å²) < 4.78 is 0. The zero-order valence-electron chi connectivity index (χ0n) is 15.3. The van der Waals surface area contributed by atoms with Crippen LogP contribution in [0, 0.1) is 13.8 Å². The van der Waals surface area contributed by atoms with Crippen molar-refractivity contribution < 1.29 is 9.59 Å². The first-order valence-corrected chi connectivity index (χ1v) is 8.90. The Labute approximate surface area is 159 Å². The van der Waals surface area contributed by atoms with Crippen molar-refractivity contribution >= 4 is 34.8 Å². The Morgan fingerprint density at radius 2 is 1.50 bits per heavy atom. The van der Waals surface area contributed by atoms with Crippen LogP contribution in [0.1, 0.15) is 18.1 Å². The molecule has 2 rings (SSSR count). The highest BCUT2D eigenvalue weighted by Gasteiger charge is 2.14. The van der Waals surface area contributed by atoms with Crippen molar-refractivity contribution in [2.75, 3.05) is 30.3 Å². The summed E-state index contributed by atoms with van der Waals surface area (Å²) in [7, 11) is 0. The standard InChI is InChI=1S/C20H24ClN3O2/c1-4-24(12-19(25)22-17-8-6-5-7-14(17)2)13-20(26)23-18-11-16(21)10-9-15(18)3/h5-11H,4,12-13H2,1-3H3,(H,22,25)(H,23,26). The number of carbonyl (C=O) groups excluding carboxylic acids is 2. The molecule has 0 saturated heterocycles. The van der Waals surface area contributed by atoms with Crippen LogP contribution in [0.3, 0.4) is 0 Å². The van der Waals surface area contributed by atoms with Crippen molar-refractivity contribution in [1.82, 2.24) is 4.90 Å². The molecule has 2 N–H and O–H groups in total. The summed E-state index contributed by atoms with van der Waals surface area (Å²) in [5, 5.41) is 6.30. The van der Waals surface area contributed by atoms with Crippen LogP contribution < -0.4 is 10.6 Å². The molecule has 0 aliphatic rings. The highest BCUT2D eigenvalue weighted by atomic mass is 35.5. The highest BCUT2D eigenvalue weighted by molar-refractivity contribution is 6.31. The van der Waals surface area contributed by atoms with Gasteiger partial charge in [-0.3, -0.25) is 14.5 Å². The number of nitrogens with zero attached hydrogens (tertiary/aromatic N) is 1. The van der Waals surface area contributed by atoms with Crippen molar-refractivity contribution in [3.05, 3.63) is 58.6 Å². The van der Waals surface area contributed by atoms with Crippen LogP contribution in [0.4, 0.5) is 11.4 Å². The minimum atomic E-state index is -0.180. The smallest absolute Gasteiger partial charge is 0.238 e. The van der Waals surface area contributed by atoms with Gasteiger partial charge < -0.3 is 10.6 Å². The number of halogens is 1. The minimum absolute atomic E-state index is 0.129. The topological polar surface area (TPSA) is 61.4 Å². The summed E-state index contributed by atoms with van der Waals surface area (Å²) in [6.07, 6.45) is 0. The molecule has 0 atom stereocenters. The van der Waals surface area contributed by atoms with Crippen molar-refractivity contribution in [1.29, 1.82) is 0 Å². The lowest BCUT2D eigenvalue weighted by atomic mass is 10.2. The van der Waals surface area contributed by atoms with Gasteiger partial charge in [-0.1, -0.05) is 42.8 Å². The van der Waals surface area contributed by atoms with E-state index in [4.69, 9.17) is 11.6 Å². The van der Waals surface area contributed by atoms with Gasteiger partial charge in [0, 0.05) is 16.4 Å². The molecule has 0 aliphatic heterocycles. The Kier molecular flexibility index (Phi) is 7.18. The SMILES string of the molecule is CCN(CC(=O)Nc1ccccc1C)CC(=O)Nc1cc(Cl)ccc1C. The summed E-state index contributed by atoms with van der Waals surface area (Å²) in [5.74, 6) is -0.325.